The Morgan fingerprint density at radius 3 is 2.53 bits per heavy atom. The molecular weight excluding hydrogens is 443 g/mol. The largest absolute Gasteiger partial charge is 0.506 e. The predicted molar refractivity (Wildman–Crippen MR) is 121 cm³/mol. The molecule has 0 aliphatic heterocycles. The van der Waals surface area contributed by atoms with Crippen molar-refractivity contribution in [2.75, 3.05) is 20.6 Å². The Labute approximate surface area is 191 Å². The van der Waals surface area contributed by atoms with Crippen LogP contribution in [-0.2, 0) is 11.2 Å². The number of carbonyl (C=O) groups is 1. The first-order valence-electron chi connectivity index (χ1n) is 10.2. The van der Waals surface area contributed by atoms with Gasteiger partial charge in [0.15, 0.2) is 0 Å². The van der Waals surface area contributed by atoms with Gasteiger partial charge in [-0.25, -0.2) is 0 Å². The van der Waals surface area contributed by atoms with Crippen LogP contribution < -0.4 is 5.32 Å². The number of phenolic OH excluding ortho intramolecular Hbond substituents is 1. The van der Waals surface area contributed by atoms with E-state index in [2.05, 4.69) is 23.6 Å². The van der Waals surface area contributed by atoms with Crippen LogP contribution in [0.5, 0.6) is 5.75 Å². The molecular formula is C23H29ClF3N3O2. The number of nitrogens with zero attached hydrogens (tertiary/aromatic N) is 2. The normalized spacial score (nSPS) is 17.5. The number of phenols is 1. The molecule has 2 atom stereocenters. The number of aromatic hydroxyl groups is 1. The summed E-state index contributed by atoms with van der Waals surface area (Å²) in [7, 11) is 3.69. The van der Waals surface area contributed by atoms with Crippen molar-refractivity contribution in [3.05, 3.63) is 53.2 Å². The van der Waals surface area contributed by atoms with Crippen molar-refractivity contribution in [1.82, 2.24) is 10.2 Å². The lowest BCUT2D eigenvalue weighted by molar-refractivity contribution is -0.199. The van der Waals surface area contributed by atoms with Gasteiger partial charge in [0, 0.05) is 31.1 Å². The minimum absolute atomic E-state index is 0.0186. The first-order valence-corrected chi connectivity index (χ1v) is 10.6. The Morgan fingerprint density at radius 2 is 2.06 bits per heavy atom. The van der Waals surface area contributed by atoms with Crippen LogP contribution in [0.1, 0.15) is 24.8 Å². The first kappa shape index (κ1) is 25.9. The maximum Gasteiger partial charge on any atom is 0.395 e. The third-order valence-electron chi connectivity index (χ3n) is 6.04. The van der Waals surface area contributed by atoms with Crippen molar-refractivity contribution < 1.29 is 23.1 Å². The van der Waals surface area contributed by atoms with Crippen molar-refractivity contribution in [3.63, 3.8) is 0 Å². The highest BCUT2D eigenvalue weighted by atomic mass is 35.5. The molecule has 1 fully saturated rings. The summed E-state index contributed by atoms with van der Waals surface area (Å²) in [6.45, 7) is 7.16. The molecule has 5 nitrogen and oxygen atoms in total. The monoisotopic (exact) mass is 471 g/mol. The fraction of sp³-hybridized carbons (Fsp3) is 0.478. The molecule has 1 aliphatic rings. The number of nitrogens with one attached hydrogen (secondary N) is 1. The molecule has 1 aromatic rings. The van der Waals surface area contributed by atoms with Crippen LogP contribution in [-0.4, -0.2) is 55.5 Å². The zero-order chi connectivity index (χ0) is 24.1. The van der Waals surface area contributed by atoms with E-state index >= 15 is 0 Å². The molecule has 2 N–H and O–H groups in total. The average molecular weight is 472 g/mol. The summed E-state index contributed by atoms with van der Waals surface area (Å²) in [4.78, 5) is 18.2. The van der Waals surface area contributed by atoms with Crippen LogP contribution in [0, 0.1) is 11.3 Å². The summed E-state index contributed by atoms with van der Waals surface area (Å²) in [5.74, 6) is -1.56. The van der Waals surface area contributed by atoms with Gasteiger partial charge in [-0.2, -0.15) is 13.2 Å². The van der Waals surface area contributed by atoms with Crippen LogP contribution in [0.4, 0.5) is 13.2 Å². The smallest absolute Gasteiger partial charge is 0.395 e. The number of likely N-dealkylation sites (N-methyl/N-ethyl adjacent to an activating group) is 1. The van der Waals surface area contributed by atoms with Crippen molar-refractivity contribution in [3.8, 4) is 5.75 Å². The molecule has 0 spiro atoms. The van der Waals surface area contributed by atoms with E-state index < -0.39 is 23.4 Å². The lowest BCUT2D eigenvalue weighted by atomic mass is 9.79. The number of hydrogen-bond acceptors (Lipinski definition) is 4. The number of allylic oxidation sites excluding steroid dienone is 2. The Balaban J connectivity index is 2.11. The van der Waals surface area contributed by atoms with E-state index in [1.54, 1.807) is 12.1 Å². The number of carbonyl (C=O) groups excluding carboxylic acids is 1. The Kier molecular flexibility index (Phi) is 8.54. The van der Waals surface area contributed by atoms with E-state index in [-0.39, 0.29) is 48.2 Å². The zero-order valence-electron chi connectivity index (χ0n) is 18.3. The van der Waals surface area contributed by atoms with Crippen LogP contribution in [0.3, 0.4) is 0 Å². The van der Waals surface area contributed by atoms with Crippen LogP contribution >= 0.6 is 11.6 Å². The molecule has 0 saturated heterocycles. The van der Waals surface area contributed by atoms with Gasteiger partial charge in [0.1, 0.15) is 5.75 Å². The zero-order valence-corrected chi connectivity index (χ0v) is 19.0. The molecule has 1 aromatic carbocycles. The lowest BCUT2D eigenvalue weighted by Crippen LogP contribution is -2.43. The summed E-state index contributed by atoms with van der Waals surface area (Å²) >= 11 is 5.97. The molecule has 1 saturated carbocycles. The van der Waals surface area contributed by atoms with Gasteiger partial charge in [-0.3, -0.25) is 9.79 Å². The maximum absolute atomic E-state index is 13.8. The summed E-state index contributed by atoms with van der Waals surface area (Å²) < 4.78 is 41.3. The second kappa shape index (κ2) is 10.5. The number of amides is 1. The fourth-order valence-corrected chi connectivity index (χ4v) is 4.07. The summed E-state index contributed by atoms with van der Waals surface area (Å²) in [5, 5.41) is 12.6. The summed E-state index contributed by atoms with van der Waals surface area (Å²) in [6, 6.07) is 4.75. The van der Waals surface area contributed by atoms with Gasteiger partial charge in [0.05, 0.1) is 10.4 Å². The van der Waals surface area contributed by atoms with Crippen molar-refractivity contribution in [1.29, 1.82) is 0 Å². The van der Waals surface area contributed by atoms with Gasteiger partial charge >= 0.3 is 6.18 Å². The molecule has 0 bridgehead atoms. The maximum atomic E-state index is 13.8. The van der Waals surface area contributed by atoms with E-state index in [1.807, 2.05) is 19.0 Å². The third-order valence-corrected chi connectivity index (χ3v) is 6.34. The first-order chi connectivity index (χ1) is 14.9. The molecule has 0 radical (unpaired) electrons. The molecule has 0 aromatic heterocycles. The van der Waals surface area contributed by atoms with E-state index in [4.69, 9.17) is 11.6 Å². The van der Waals surface area contributed by atoms with E-state index in [0.29, 0.717) is 6.42 Å². The average Bonchev–Trinajstić information content (AvgIpc) is 3.52. The standard InChI is InChI=1S/C23H29ClF3N3O2/c1-5-16(13-28-2)18(22(8-9-22)23(25,26)27)12-21(32)29-14-17(30(3)4)10-15-6-7-20(31)19(24)11-15/h5-7,11,13,17-18,31H,1-2,8-10,12,14H2,3-4H3,(H,29,32)/b16-13+. The third kappa shape index (κ3) is 6.13. The minimum atomic E-state index is -4.43. The Hall–Kier alpha value is -2.32. The van der Waals surface area contributed by atoms with Crippen LogP contribution in [0.25, 0.3) is 0 Å². The predicted octanol–water partition coefficient (Wildman–Crippen LogP) is 4.75. The van der Waals surface area contributed by atoms with Gasteiger partial charge < -0.3 is 15.3 Å². The Morgan fingerprint density at radius 1 is 1.41 bits per heavy atom. The number of alkyl halides is 3. The molecule has 0 heterocycles. The van der Waals surface area contributed by atoms with Crippen molar-refractivity contribution in [2.45, 2.75) is 37.9 Å². The highest BCUT2D eigenvalue weighted by Gasteiger charge is 2.67. The van der Waals surface area contributed by atoms with Crippen molar-refractivity contribution >= 4 is 24.2 Å². The minimum Gasteiger partial charge on any atom is -0.506 e. The lowest BCUT2D eigenvalue weighted by Gasteiger charge is -2.30. The van der Waals surface area contributed by atoms with Gasteiger partial charge in [-0.15, -0.1) is 0 Å². The van der Waals surface area contributed by atoms with Crippen LogP contribution in [0.2, 0.25) is 5.02 Å². The second-order valence-electron chi connectivity index (χ2n) is 8.34. The van der Waals surface area contributed by atoms with Crippen LogP contribution in [0.15, 0.2) is 47.6 Å². The molecule has 32 heavy (non-hydrogen) atoms. The molecule has 1 amide bonds. The SMILES string of the molecule is C=C/C(=C\N=C)C(CC(=O)NCC(Cc1ccc(O)c(Cl)c1)N(C)C)C1(C(F)(F)F)CC1. The van der Waals surface area contributed by atoms with Gasteiger partial charge in [-0.05, 0) is 63.3 Å². The van der Waals surface area contributed by atoms with Crippen molar-refractivity contribution in [2.24, 2.45) is 16.3 Å². The van der Waals surface area contributed by atoms with E-state index in [9.17, 15) is 23.1 Å². The molecule has 1 aliphatic carbocycles. The summed E-state index contributed by atoms with van der Waals surface area (Å²) in [5.41, 5.74) is -0.812. The Bertz CT molecular complexity index is 880. The van der Waals surface area contributed by atoms with Gasteiger partial charge in [0.25, 0.3) is 0 Å². The van der Waals surface area contributed by atoms with E-state index in [0.717, 1.165) is 5.56 Å². The number of rotatable bonds is 11. The molecule has 176 valence electrons. The molecule has 2 rings (SSSR count). The quantitative estimate of drug-likeness (QED) is 0.361. The van der Waals surface area contributed by atoms with Gasteiger partial charge in [0.2, 0.25) is 5.91 Å². The highest BCUT2D eigenvalue weighted by molar-refractivity contribution is 6.32. The van der Waals surface area contributed by atoms with E-state index in [1.165, 1.54) is 18.3 Å². The number of benzene rings is 1. The molecule has 2 unspecified atom stereocenters. The summed E-state index contributed by atoms with van der Waals surface area (Å²) in [6.07, 6.45) is -1.72. The highest BCUT2D eigenvalue weighted by Crippen LogP contribution is 2.64. The number of halogens is 4. The van der Waals surface area contributed by atoms with Gasteiger partial charge in [-0.1, -0.05) is 30.3 Å². The topological polar surface area (TPSA) is 64.9 Å². The number of hydrogen-bond donors (Lipinski definition) is 2. The number of aliphatic imine (C=N–C) groups is 1. The fourth-order valence-electron chi connectivity index (χ4n) is 3.86. The molecule has 9 heteroatoms. The second-order valence-corrected chi connectivity index (χ2v) is 8.75.